The summed E-state index contributed by atoms with van der Waals surface area (Å²) in [4.78, 5) is 24.9. The van der Waals surface area contributed by atoms with E-state index in [1.165, 1.54) is 6.07 Å². The van der Waals surface area contributed by atoms with E-state index < -0.39 is 22.0 Å². The number of piperidine rings is 1. The van der Waals surface area contributed by atoms with Crippen molar-refractivity contribution in [1.82, 2.24) is 4.90 Å². The lowest BCUT2D eigenvalue weighted by atomic mass is 9.84. The predicted octanol–water partition coefficient (Wildman–Crippen LogP) is 3.69. The first-order valence-electron chi connectivity index (χ1n) is 9.89. The van der Waals surface area contributed by atoms with Crippen LogP contribution in [0.3, 0.4) is 0 Å². The van der Waals surface area contributed by atoms with E-state index in [0.717, 1.165) is 23.4 Å². The highest BCUT2D eigenvalue weighted by atomic mass is 19.1. The molecule has 0 radical (unpaired) electrons. The van der Waals surface area contributed by atoms with Gasteiger partial charge >= 0.3 is 0 Å². The lowest BCUT2D eigenvalue weighted by Gasteiger charge is -2.38. The van der Waals surface area contributed by atoms with Crippen LogP contribution in [0.4, 0.5) is 10.1 Å². The van der Waals surface area contributed by atoms with Crippen LogP contribution >= 0.6 is 0 Å². The number of benzene rings is 2. The van der Waals surface area contributed by atoms with Gasteiger partial charge in [0.2, 0.25) is 0 Å². The molecule has 1 fully saturated rings. The Morgan fingerprint density at radius 1 is 1.23 bits per heavy atom. The summed E-state index contributed by atoms with van der Waals surface area (Å²) in [5.41, 5.74) is -0.578. The summed E-state index contributed by atoms with van der Waals surface area (Å²) in [5.74, 6) is -0.366. The molecule has 30 heavy (non-hydrogen) atoms. The number of likely N-dealkylation sites (tertiary alicyclic amines) is 1. The molecule has 7 nitrogen and oxygen atoms in total. The van der Waals surface area contributed by atoms with E-state index in [4.69, 9.17) is 4.74 Å². The van der Waals surface area contributed by atoms with E-state index in [1.807, 2.05) is 24.3 Å². The number of ether oxygens (including phenoxy) is 1. The van der Waals surface area contributed by atoms with Gasteiger partial charge in [-0.1, -0.05) is 12.1 Å². The standard InChI is InChI=1S/C22H25FN2O5/c1-30-18-7-4-16(5-8-18)22(27)10-13-24(14-11-22)12-2-3-21(26)19-9-6-17(23)15-20(19)25(28)29/h4-9,15,27H,2-3,10-14H2,1H3. The molecular weight excluding hydrogens is 391 g/mol. The van der Waals surface area contributed by atoms with Crippen molar-refractivity contribution >= 4 is 11.5 Å². The maximum absolute atomic E-state index is 13.2. The van der Waals surface area contributed by atoms with Crippen LogP contribution in [-0.4, -0.2) is 47.5 Å². The molecule has 0 amide bonds. The van der Waals surface area contributed by atoms with Crippen LogP contribution in [0, 0.1) is 15.9 Å². The molecule has 0 saturated carbocycles. The highest BCUT2D eigenvalue weighted by Gasteiger charge is 2.33. The van der Waals surface area contributed by atoms with Gasteiger partial charge in [0.05, 0.1) is 29.3 Å². The minimum absolute atomic E-state index is 0.0612. The molecule has 0 spiro atoms. The molecule has 2 aromatic rings. The number of carbonyl (C=O) groups is 1. The third-order valence-corrected chi connectivity index (χ3v) is 5.65. The van der Waals surface area contributed by atoms with Gasteiger partial charge in [-0.25, -0.2) is 4.39 Å². The molecule has 1 saturated heterocycles. The number of methoxy groups -OCH3 is 1. The van der Waals surface area contributed by atoms with Crippen molar-refractivity contribution in [2.24, 2.45) is 0 Å². The van der Waals surface area contributed by atoms with Crippen molar-refractivity contribution in [3.63, 3.8) is 0 Å². The highest BCUT2D eigenvalue weighted by Crippen LogP contribution is 2.33. The minimum Gasteiger partial charge on any atom is -0.497 e. The lowest BCUT2D eigenvalue weighted by Crippen LogP contribution is -2.42. The van der Waals surface area contributed by atoms with E-state index in [1.54, 1.807) is 7.11 Å². The zero-order valence-electron chi connectivity index (χ0n) is 16.8. The third-order valence-electron chi connectivity index (χ3n) is 5.65. The zero-order chi connectivity index (χ0) is 21.7. The molecule has 1 heterocycles. The Hall–Kier alpha value is -2.84. The number of aliphatic hydroxyl groups is 1. The Kier molecular flexibility index (Phi) is 6.79. The molecule has 1 aliphatic heterocycles. The van der Waals surface area contributed by atoms with Gasteiger partial charge in [-0.05, 0) is 55.6 Å². The topological polar surface area (TPSA) is 92.9 Å². The second-order valence-electron chi connectivity index (χ2n) is 7.55. The van der Waals surface area contributed by atoms with E-state index >= 15 is 0 Å². The van der Waals surface area contributed by atoms with Crippen molar-refractivity contribution < 1.29 is 24.0 Å². The van der Waals surface area contributed by atoms with Crippen LogP contribution in [0.5, 0.6) is 5.75 Å². The SMILES string of the molecule is COc1ccc(C2(O)CCN(CCCC(=O)c3ccc(F)cc3[N+](=O)[O-])CC2)cc1. The average Bonchev–Trinajstić information content (AvgIpc) is 2.75. The van der Waals surface area contributed by atoms with Crippen molar-refractivity contribution in [3.8, 4) is 5.75 Å². The smallest absolute Gasteiger partial charge is 0.283 e. The molecule has 0 unspecified atom stereocenters. The van der Waals surface area contributed by atoms with E-state index in [2.05, 4.69) is 4.90 Å². The largest absolute Gasteiger partial charge is 0.497 e. The number of Topliss-reactive ketones (excluding diaryl/α,β-unsaturated/α-hetero) is 1. The second-order valence-corrected chi connectivity index (χ2v) is 7.55. The number of nitro groups is 1. The van der Waals surface area contributed by atoms with Gasteiger partial charge in [-0.3, -0.25) is 14.9 Å². The Morgan fingerprint density at radius 2 is 1.90 bits per heavy atom. The van der Waals surface area contributed by atoms with Gasteiger partial charge in [0, 0.05) is 19.5 Å². The first-order valence-corrected chi connectivity index (χ1v) is 9.89. The Labute approximate surface area is 174 Å². The van der Waals surface area contributed by atoms with Gasteiger partial charge in [-0.2, -0.15) is 0 Å². The molecule has 0 bridgehead atoms. The fraction of sp³-hybridized carbons (Fsp3) is 0.409. The first kappa shape index (κ1) is 21.9. The Morgan fingerprint density at radius 3 is 2.50 bits per heavy atom. The summed E-state index contributed by atoms with van der Waals surface area (Å²) in [7, 11) is 1.60. The van der Waals surface area contributed by atoms with Gasteiger partial charge in [0.1, 0.15) is 11.6 Å². The summed E-state index contributed by atoms with van der Waals surface area (Å²) in [6, 6.07) is 10.4. The van der Waals surface area contributed by atoms with E-state index in [9.17, 15) is 24.4 Å². The number of carbonyl (C=O) groups excluding carboxylic acids is 1. The summed E-state index contributed by atoms with van der Waals surface area (Å²) in [6.07, 6.45) is 1.84. The van der Waals surface area contributed by atoms with Gasteiger partial charge in [0.25, 0.3) is 5.69 Å². The fourth-order valence-electron chi connectivity index (χ4n) is 3.83. The van der Waals surface area contributed by atoms with Gasteiger partial charge < -0.3 is 14.7 Å². The molecule has 3 rings (SSSR count). The van der Waals surface area contributed by atoms with Crippen molar-refractivity contribution in [2.75, 3.05) is 26.7 Å². The molecule has 160 valence electrons. The maximum atomic E-state index is 13.2. The molecule has 8 heteroatoms. The first-order chi connectivity index (χ1) is 14.3. The fourth-order valence-corrected chi connectivity index (χ4v) is 3.83. The van der Waals surface area contributed by atoms with Crippen molar-refractivity contribution in [2.45, 2.75) is 31.3 Å². The molecule has 0 aromatic heterocycles. The average molecular weight is 416 g/mol. The number of nitrogens with zero attached hydrogens (tertiary/aromatic N) is 2. The number of ketones is 1. The van der Waals surface area contributed by atoms with Crippen molar-refractivity contribution in [1.29, 1.82) is 0 Å². The van der Waals surface area contributed by atoms with Gasteiger partial charge in [-0.15, -0.1) is 0 Å². The predicted molar refractivity (Wildman–Crippen MR) is 109 cm³/mol. The second kappa shape index (κ2) is 9.32. The highest BCUT2D eigenvalue weighted by molar-refractivity contribution is 5.99. The monoisotopic (exact) mass is 416 g/mol. The normalized spacial score (nSPS) is 16.2. The number of hydrogen-bond donors (Lipinski definition) is 1. The van der Waals surface area contributed by atoms with Crippen LogP contribution in [0.25, 0.3) is 0 Å². The van der Waals surface area contributed by atoms with Crippen molar-refractivity contribution in [3.05, 3.63) is 69.5 Å². The minimum atomic E-state index is -0.882. The van der Waals surface area contributed by atoms with E-state index in [-0.39, 0.29) is 17.8 Å². The Balaban J connectivity index is 1.50. The van der Waals surface area contributed by atoms with Crippen LogP contribution < -0.4 is 4.74 Å². The molecular formula is C22H25FN2O5. The summed E-state index contributed by atoms with van der Waals surface area (Å²) in [5, 5.41) is 22.0. The van der Waals surface area contributed by atoms with Crippen LogP contribution in [0.1, 0.15) is 41.6 Å². The van der Waals surface area contributed by atoms with E-state index in [0.29, 0.717) is 38.9 Å². The molecule has 1 aliphatic rings. The summed E-state index contributed by atoms with van der Waals surface area (Å²) < 4.78 is 18.4. The summed E-state index contributed by atoms with van der Waals surface area (Å²) >= 11 is 0. The number of nitro benzene ring substituents is 1. The molecule has 0 atom stereocenters. The molecule has 1 N–H and O–H groups in total. The zero-order valence-corrected chi connectivity index (χ0v) is 16.8. The van der Waals surface area contributed by atoms with Gasteiger partial charge in [0.15, 0.2) is 5.78 Å². The number of rotatable bonds is 8. The summed E-state index contributed by atoms with van der Waals surface area (Å²) in [6.45, 7) is 2.03. The molecule has 2 aromatic carbocycles. The quantitative estimate of drug-likeness (QED) is 0.401. The molecule has 0 aliphatic carbocycles. The Bertz CT molecular complexity index is 908. The number of halogens is 1. The van der Waals surface area contributed by atoms with Crippen LogP contribution in [0.2, 0.25) is 0 Å². The maximum Gasteiger partial charge on any atom is 0.283 e. The van der Waals surface area contributed by atoms with Crippen LogP contribution in [0.15, 0.2) is 42.5 Å². The third kappa shape index (κ3) is 5.01. The lowest BCUT2D eigenvalue weighted by molar-refractivity contribution is -0.385. The number of hydrogen-bond acceptors (Lipinski definition) is 6. The van der Waals surface area contributed by atoms with Crippen LogP contribution in [-0.2, 0) is 5.60 Å².